The van der Waals surface area contributed by atoms with Gasteiger partial charge in [-0.3, -0.25) is 9.69 Å². The minimum Gasteiger partial charge on any atom is -0.336 e. The van der Waals surface area contributed by atoms with Crippen molar-refractivity contribution in [3.8, 4) is 0 Å². The Labute approximate surface area is 158 Å². The maximum absolute atomic E-state index is 12.9. The van der Waals surface area contributed by atoms with E-state index in [4.69, 9.17) is 0 Å². The van der Waals surface area contributed by atoms with Crippen molar-refractivity contribution in [1.29, 1.82) is 0 Å². The lowest BCUT2D eigenvalue weighted by atomic mass is 10.2. The predicted octanol–water partition coefficient (Wildman–Crippen LogP) is 2.51. The van der Waals surface area contributed by atoms with E-state index in [-0.39, 0.29) is 5.91 Å². The van der Waals surface area contributed by atoms with Crippen molar-refractivity contribution in [2.75, 3.05) is 32.7 Å². The summed E-state index contributed by atoms with van der Waals surface area (Å²) < 4.78 is 1.67. The largest absolute Gasteiger partial charge is 0.336 e. The highest BCUT2D eigenvalue weighted by Crippen LogP contribution is 2.14. The molecule has 0 unspecified atom stereocenters. The molecule has 1 fully saturated rings. The second kappa shape index (κ2) is 7.72. The molecule has 1 saturated heterocycles. The van der Waals surface area contributed by atoms with Gasteiger partial charge in [-0.15, -0.1) is 0 Å². The van der Waals surface area contributed by atoms with E-state index < -0.39 is 0 Å². The van der Waals surface area contributed by atoms with Crippen molar-refractivity contribution in [1.82, 2.24) is 24.4 Å². The first kappa shape index (κ1) is 17.4. The average Bonchev–Trinajstić information content (AvgIpc) is 3.12. The molecule has 0 aliphatic carbocycles. The first-order valence-electron chi connectivity index (χ1n) is 9.24. The van der Waals surface area contributed by atoms with E-state index in [1.54, 1.807) is 16.9 Å². The van der Waals surface area contributed by atoms with Crippen LogP contribution in [-0.4, -0.2) is 63.0 Å². The maximum atomic E-state index is 12.9. The third-order valence-corrected chi connectivity index (χ3v) is 4.85. The topological polar surface area (TPSA) is 53.7 Å². The number of aryl methyl sites for hydroxylation is 1. The van der Waals surface area contributed by atoms with Gasteiger partial charge in [-0.1, -0.05) is 42.5 Å². The van der Waals surface area contributed by atoms with Gasteiger partial charge in [0.1, 0.15) is 5.56 Å². The van der Waals surface area contributed by atoms with Gasteiger partial charge in [0.15, 0.2) is 5.65 Å². The van der Waals surface area contributed by atoms with E-state index in [1.807, 2.05) is 36.2 Å². The number of rotatable bonds is 4. The van der Waals surface area contributed by atoms with Crippen LogP contribution in [0, 0.1) is 6.92 Å². The van der Waals surface area contributed by atoms with Crippen LogP contribution < -0.4 is 0 Å². The highest BCUT2D eigenvalue weighted by Gasteiger charge is 2.24. The standard InChI is InChI=1S/C21H23N5O/c1-17-14-22-20-19(15-23-26(20)16-17)21(27)25-12-10-24(11-13-25)9-5-8-18-6-3-2-4-7-18/h2-8,14-16H,9-13H2,1H3. The number of carbonyl (C=O) groups excluding carboxylic acids is 1. The van der Waals surface area contributed by atoms with Crippen LogP contribution >= 0.6 is 0 Å². The Morgan fingerprint density at radius 3 is 2.67 bits per heavy atom. The van der Waals surface area contributed by atoms with Gasteiger partial charge in [-0.2, -0.15) is 5.10 Å². The van der Waals surface area contributed by atoms with Gasteiger partial charge in [0.05, 0.1) is 6.20 Å². The molecule has 0 radical (unpaired) electrons. The molecule has 6 nitrogen and oxygen atoms in total. The fourth-order valence-corrected chi connectivity index (χ4v) is 3.32. The Morgan fingerprint density at radius 1 is 1.11 bits per heavy atom. The van der Waals surface area contributed by atoms with E-state index in [0.717, 1.165) is 38.3 Å². The molecule has 0 spiro atoms. The van der Waals surface area contributed by atoms with Gasteiger partial charge in [0.25, 0.3) is 5.91 Å². The average molecular weight is 361 g/mol. The maximum Gasteiger partial charge on any atom is 0.259 e. The molecule has 0 N–H and O–H groups in total. The molecule has 1 aromatic carbocycles. The lowest BCUT2D eigenvalue weighted by molar-refractivity contribution is 0.0652. The van der Waals surface area contributed by atoms with Crippen molar-refractivity contribution in [3.63, 3.8) is 0 Å². The normalized spacial score (nSPS) is 15.7. The number of fused-ring (bicyclic) bond motifs is 1. The van der Waals surface area contributed by atoms with Gasteiger partial charge >= 0.3 is 0 Å². The summed E-state index contributed by atoms with van der Waals surface area (Å²) in [6.45, 7) is 6.05. The fourth-order valence-electron chi connectivity index (χ4n) is 3.32. The molecular formula is C21H23N5O. The third-order valence-electron chi connectivity index (χ3n) is 4.85. The van der Waals surface area contributed by atoms with Gasteiger partial charge in [0.2, 0.25) is 0 Å². The molecular weight excluding hydrogens is 338 g/mol. The number of aromatic nitrogens is 3. The number of hydrogen-bond acceptors (Lipinski definition) is 4. The van der Waals surface area contributed by atoms with E-state index in [1.165, 1.54) is 5.56 Å². The van der Waals surface area contributed by atoms with Crippen molar-refractivity contribution >= 4 is 17.6 Å². The first-order chi connectivity index (χ1) is 13.2. The molecule has 4 rings (SSSR count). The summed E-state index contributed by atoms with van der Waals surface area (Å²) in [4.78, 5) is 21.5. The van der Waals surface area contributed by atoms with Crippen molar-refractivity contribution in [2.45, 2.75) is 6.92 Å². The summed E-state index contributed by atoms with van der Waals surface area (Å²) in [6.07, 6.45) is 9.61. The number of carbonyl (C=O) groups is 1. The summed E-state index contributed by atoms with van der Waals surface area (Å²) in [5, 5.41) is 4.27. The predicted molar refractivity (Wildman–Crippen MR) is 106 cm³/mol. The smallest absolute Gasteiger partial charge is 0.259 e. The first-order valence-corrected chi connectivity index (χ1v) is 9.24. The Hall–Kier alpha value is -2.99. The van der Waals surface area contributed by atoms with Crippen LogP contribution in [0.5, 0.6) is 0 Å². The molecule has 0 saturated carbocycles. The minimum atomic E-state index is 0.0147. The molecule has 2 aromatic heterocycles. The van der Waals surface area contributed by atoms with Crippen molar-refractivity contribution in [2.24, 2.45) is 0 Å². The molecule has 0 atom stereocenters. The molecule has 138 valence electrons. The Morgan fingerprint density at radius 2 is 1.89 bits per heavy atom. The Balaban J connectivity index is 1.34. The number of benzene rings is 1. The van der Waals surface area contributed by atoms with Crippen molar-refractivity contribution in [3.05, 3.63) is 71.7 Å². The number of piperazine rings is 1. The van der Waals surface area contributed by atoms with E-state index >= 15 is 0 Å². The summed E-state index contributed by atoms with van der Waals surface area (Å²) in [7, 11) is 0. The van der Waals surface area contributed by atoms with Crippen molar-refractivity contribution < 1.29 is 4.79 Å². The third kappa shape index (κ3) is 3.90. The number of nitrogens with zero attached hydrogens (tertiary/aromatic N) is 5. The van der Waals surface area contributed by atoms with Gasteiger partial charge in [0, 0.05) is 45.1 Å². The Bertz CT molecular complexity index is 955. The zero-order chi connectivity index (χ0) is 18.6. The quantitative estimate of drug-likeness (QED) is 0.717. The van der Waals surface area contributed by atoms with Crippen LogP contribution in [0.4, 0.5) is 0 Å². The zero-order valence-electron chi connectivity index (χ0n) is 15.5. The molecule has 1 amide bonds. The van der Waals surface area contributed by atoms with Gasteiger partial charge < -0.3 is 4.90 Å². The van der Waals surface area contributed by atoms with Crippen LogP contribution in [0.15, 0.2) is 55.0 Å². The van der Waals surface area contributed by atoms with E-state index in [9.17, 15) is 4.79 Å². The molecule has 0 bridgehead atoms. The Kier molecular flexibility index (Phi) is 4.98. The van der Waals surface area contributed by atoms with Crippen LogP contribution in [-0.2, 0) is 0 Å². The molecule has 3 aromatic rings. The summed E-state index contributed by atoms with van der Waals surface area (Å²) in [6, 6.07) is 10.3. The number of hydrogen-bond donors (Lipinski definition) is 0. The summed E-state index contributed by atoms with van der Waals surface area (Å²) in [5.41, 5.74) is 3.43. The molecule has 27 heavy (non-hydrogen) atoms. The van der Waals surface area contributed by atoms with Crippen LogP contribution in [0.1, 0.15) is 21.5 Å². The van der Waals surface area contributed by atoms with E-state index in [2.05, 4.69) is 39.3 Å². The number of amides is 1. The highest BCUT2D eigenvalue weighted by atomic mass is 16.2. The molecule has 6 heteroatoms. The fraction of sp³-hybridized carbons (Fsp3) is 0.286. The zero-order valence-corrected chi connectivity index (χ0v) is 15.5. The van der Waals surface area contributed by atoms with Crippen LogP contribution in [0.3, 0.4) is 0 Å². The molecule has 1 aliphatic heterocycles. The molecule has 3 heterocycles. The molecule has 1 aliphatic rings. The van der Waals surface area contributed by atoms with Crippen LogP contribution in [0.25, 0.3) is 11.7 Å². The van der Waals surface area contributed by atoms with Gasteiger partial charge in [-0.05, 0) is 18.1 Å². The second-order valence-corrected chi connectivity index (χ2v) is 6.86. The summed E-state index contributed by atoms with van der Waals surface area (Å²) >= 11 is 0. The second-order valence-electron chi connectivity index (χ2n) is 6.86. The lowest BCUT2D eigenvalue weighted by Crippen LogP contribution is -2.48. The monoisotopic (exact) mass is 361 g/mol. The highest BCUT2D eigenvalue weighted by molar-refractivity contribution is 5.99. The van der Waals surface area contributed by atoms with E-state index in [0.29, 0.717) is 11.2 Å². The summed E-state index contributed by atoms with van der Waals surface area (Å²) in [5.74, 6) is 0.0147. The lowest BCUT2D eigenvalue weighted by Gasteiger charge is -2.34. The van der Waals surface area contributed by atoms with Crippen LogP contribution in [0.2, 0.25) is 0 Å². The van der Waals surface area contributed by atoms with Gasteiger partial charge in [-0.25, -0.2) is 9.50 Å². The minimum absolute atomic E-state index is 0.0147. The SMILES string of the molecule is Cc1cnc2c(C(=O)N3CCN(CC=Cc4ccccc4)CC3)cnn2c1.